The lowest BCUT2D eigenvalue weighted by Gasteiger charge is -2.23. The van der Waals surface area contributed by atoms with Crippen LogP contribution in [0.4, 0.5) is 5.69 Å². The van der Waals surface area contributed by atoms with Gasteiger partial charge in [-0.1, -0.05) is 43.4 Å². The Labute approximate surface area is 175 Å². The Morgan fingerprint density at radius 2 is 2.07 bits per heavy atom. The molecule has 0 unspecified atom stereocenters. The van der Waals surface area contributed by atoms with Crippen LogP contribution in [0.5, 0.6) is 0 Å². The third kappa shape index (κ3) is 4.68. The number of nitrogens with one attached hydrogen (secondary N) is 1. The fourth-order valence-electron chi connectivity index (χ4n) is 3.82. The first kappa shape index (κ1) is 19.7. The molecule has 6 nitrogen and oxygen atoms in total. The van der Waals surface area contributed by atoms with Crippen molar-refractivity contribution in [1.29, 1.82) is 0 Å². The maximum Gasteiger partial charge on any atom is 0.286 e. The number of hydrogen-bond donors (Lipinski definition) is 1. The molecule has 1 saturated heterocycles. The summed E-state index contributed by atoms with van der Waals surface area (Å²) in [5, 5.41) is 12.6. The molecule has 4 rings (SSSR count). The molecule has 0 radical (unpaired) electrons. The molecule has 3 aromatic rings. The number of anilines is 1. The topological polar surface area (TPSA) is 71.0 Å². The highest BCUT2D eigenvalue weighted by Gasteiger charge is 2.31. The monoisotopic (exact) mass is 407 g/mol. The lowest BCUT2D eigenvalue weighted by Crippen LogP contribution is -2.23. The number of likely N-dealkylation sites (tertiary alicyclic amines) is 1. The zero-order valence-corrected chi connectivity index (χ0v) is 17.5. The summed E-state index contributed by atoms with van der Waals surface area (Å²) in [6.45, 7) is 6.08. The molecule has 1 fully saturated rings. The minimum atomic E-state index is -0.211. The largest absolute Gasteiger partial charge is 0.320 e. The predicted octanol–water partition coefficient (Wildman–Crippen LogP) is 4.33. The molecule has 1 N–H and O–H groups in total. The average molecular weight is 408 g/mol. The van der Waals surface area contributed by atoms with Gasteiger partial charge in [-0.05, 0) is 48.1 Å². The highest BCUT2D eigenvalue weighted by atomic mass is 32.1. The number of hydrogen-bond acceptors (Lipinski definition) is 6. The fraction of sp³-hybridized carbons (Fsp3) is 0.364. The third-order valence-corrected chi connectivity index (χ3v) is 6.21. The Bertz CT molecular complexity index is 957. The Morgan fingerprint density at radius 1 is 1.24 bits per heavy atom. The molecule has 0 bridgehead atoms. The van der Waals surface area contributed by atoms with Crippen molar-refractivity contribution in [2.24, 2.45) is 5.92 Å². The van der Waals surface area contributed by atoms with Gasteiger partial charge in [-0.25, -0.2) is 0 Å². The van der Waals surface area contributed by atoms with Crippen molar-refractivity contribution in [2.45, 2.75) is 39.3 Å². The number of carbonyl (C=O) groups is 1. The van der Waals surface area contributed by atoms with E-state index >= 15 is 0 Å². The second kappa shape index (κ2) is 8.80. The molecule has 0 saturated carbocycles. The average Bonchev–Trinajstić information content (AvgIpc) is 3.36. The van der Waals surface area contributed by atoms with Gasteiger partial charge in [0.2, 0.25) is 5.01 Å². The number of aryl methyl sites for hydroxylation is 1. The van der Waals surface area contributed by atoms with Crippen molar-refractivity contribution >= 4 is 22.9 Å². The van der Waals surface area contributed by atoms with Crippen molar-refractivity contribution in [3.63, 3.8) is 0 Å². The van der Waals surface area contributed by atoms with E-state index in [0.717, 1.165) is 30.1 Å². The number of amides is 1. The Kier molecular flexibility index (Phi) is 5.97. The van der Waals surface area contributed by atoms with Crippen LogP contribution in [0, 0.1) is 5.92 Å². The van der Waals surface area contributed by atoms with Gasteiger partial charge in [-0.2, -0.15) is 0 Å². The molecular formula is C22H25N5OS. The number of aromatic nitrogens is 3. The zero-order valence-electron chi connectivity index (χ0n) is 16.7. The van der Waals surface area contributed by atoms with Crippen LogP contribution >= 0.6 is 11.3 Å². The molecule has 150 valence electrons. The fourth-order valence-corrected chi connectivity index (χ4v) is 4.58. The summed E-state index contributed by atoms with van der Waals surface area (Å²) >= 11 is 1.36. The van der Waals surface area contributed by atoms with Crippen molar-refractivity contribution in [3.8, 4) is 0 Å². The standard InChI is InChI=1S/C22H25N5OS/c1-3-16-6-8-18(9-7-16)24-21(28)22-26-25-20(29-22)14-27-13-15(2)11-19(27)17-5-4-10-23-12-17/h4-10,12,15,19H,3,11,13-14H2,1-2H3,(H,24,28)/t15-,19-/m0/s1. The summed E-state index contributed by atoms with van der Waals surface area (Å²) in [5.74, 6) is 0.401. The summed E-state index contributed by atoms with van der Waals surface area (Å²) in [7, 11) is 0. The zero-order chi connectivity index (χ0) is 20.2. The molecule has 1 aliphatic heterocycles. The maximum atomic E-state index is 12.5. The molecule has 1 amide bonds. The van der Waals surface area contributed by atoms with E-state index in [2.05, 4.69) is 45.3 Å². The van der Waals surface area contributed by atoms with E-state index in [1.54, 1.807) is 6.20 Å². The second-order valence-corrected chi connectivity index (χ2v) is 8.64. The van der Waals surface area contributed by atoms with Crippen LogP contribution < -0.4 is 5.32 Å². The predicted molar refractivity (Wildman–Crippen MR) is 115 cm³/mol. The highest BCUT2D eigenvalue weighted by molar-refractivity contribution is 7.13. The number of carbonyl (C=O) groups excluding carboxylic acids is 1. The van der Waals surface area contributed by atoms with Crippen molar-refractivity contribution < 1.29 is 4.79 Å². The van der Waals surface area contributed by atoms with Crippen LogP contribution in [0.1, 0.15) is 52.2 Å². The van der Waals surface area contributed by atoms with Crippen LogP contribution in [0.2, 0.25) is 0 Å². The van der Waals surface area contributed by atoms with Gasteiger partial charge >= 0.3 is 0 Å². The van der Waals surface area contributed by atoms with Crippen LogP contribution in [-0.4, -0.2) is 32.5 Å². The van der Waals surface area contributed by atoms with Gasteiger partial charge in [0.1, 0.15) is 5.01 Å². The van der Waals surface area contributed by atoms with Gasteiger partial charge < -0.3 is 5.32 Å². The molecule has 1 aliphatic rings. The lowest BCUT2D eigenvalue weighted by atomic mass is 10.0. The molecule has 0 aliphatic carbocycles. The van der Waals surface area contributed by atoms with Gasteiger partial charge in [0.05, 0.1) is 6.54 Å². The van der Waals surface area contributed by atoms with Gasteiger partial charge in [0.15, 0.2) is 0 Å². The summed E-state index contributed by atoms with van der Waals surface area (Å²) in [5.41, 5.74) is 3.24. The van der Waals surface area contributed by atoms with E-state index in [4.69, 9.17) is 0 Å². The van der Waals surface area contributed by atoms with Crippen LogP contribution in [0.15, 0.2) is 48.8 Å². The van der Waals surface area contributed by atoms with E-state index < -0.39 is 0 Å². The van der Waals surface area contributed by atoms with Gasteiger partial charge in [0, 0.05) is 30.7 Å². The first-order valence-electron chi connectivity index (χ1n) is 9.99. The quantitative estimate of drug-likeness (QED) is 0.658. The van der Waals surface area contributed by atoms with E-state index in [1.165, 1.54) is 22.5 Å². The van der Waals surface area contributed by atoms with Crippen LogP contribution in [-0.2, 0) is 13.0 Å². The summed E-state index contributed by atoms with van der Waals surface area (Å²) in [6, 6.07) is 12.3. The number of benzene rings is 1. The van der Waals surface area contributed by atoms with Gasteiger partial charge in [-0.15, -0.1) is 10.2 Å². The highest BCUT2D eigenvalue weighted by Crippen LogP contribution is 2.36. The number of pyridine rings is 1. The van der Waals surface area contributed by atoms with Gasteiger partial charge in [0.25, 0.3) is 5.91 Å². The van der Waals surface area contributed by atoms with E-state index in [1.807, 2.05) is 36.5 Å². The summed E-state index contributed by atoms with van der Waals surface area (Å²) < 4.78 is 0. The van der Waals surface area contributed by atoms with Gasteiger partial charge in [-0.3, -0.25) is 14.7 Å². The van der Waals surface area contributed by atoms with Crippen LogP contribution in [0.25, 0.3) is 0 Å². The second-order valence-electron chi connectivity index (χ2n) is 7.58. The Hall–Kier alpha value is -2.64. The molecule has 1 aromatic carbocycles. The van der Waals surface area contributed by atoms with Crippen LogP contribution in [0.3, 0.4) is 0 Å². The number of rotatable bonds is 6. The van der Waals surface area contributed by atoms with E-state index in [0.29, 0.717) is 23.5 Å². The normalized spacial score (nSPS) is 19.4. The minimum absolute atomic E-state index is 0.211. The van der Waals surface area contributed by atoms with E-state index in [-0.39, 0.29) is 5.91 Å². The lowest BCUT2D eigenvalue weighted by molar-refractivity contribution is 0.102. The molecule has 7 heteroatoms. The van der Waals surface area contributed by atoms with E-state index in [9.17, 15) is 4.79 Å². The third-order valence-electron chi connectivity index (χ3n) is 5.30. The first-order chi connectivity index (χ1) is 14.1. The van der Waals surface area contributed by atoms with Crippen molar-refractivity contribution in [3.05, 3.63) is 69.9 Å². The molecule has 3 heterocycles. The molecule has 0 spiro atoms. The maximum absolute atomic E-state index is 12.5. The Balaban J connectivity index is 1.42. The number of nitrogens with zero attached hydrogens (tertiary/aromatic N) is 4. The smallest absolute Gasteiger partial charge is 0.286 e. The Morgan fingerprint density at radius 3 is 2.79 bits per heavy atom. The molecule has 29 heavy (non-hydrogen) atoms. The molecule has 2 atom stereocenters. The SMILES string of the molecule is CCc1ccc(NC(=O)c2nnc(CN3C[C@@H](C)C[C@H]3c3cccnc3)s2)cc1. The summed E-state index contributed by atoms with van der Waals surface area (Å²) in [4.78, 5) is 19.2. The minimum Gasteiger partial charge on any atom is -0.320 e. The van der Waals surface area contributed by atoms with Crippen molar-refractivity contribution in [2.75, 3.05) is 11.9 Å². The molecule has 2 aromatic heterocycles. The molecular weight excluding hydrogens is 382 g/mol. The van der Waals surface area contributed by atoms with Crippen molar-refractivity contribution in [1.82, 2.24) is 20.1 Å². The summed E-state index contributed by atoms with van der Waals surface area (Å²) in [6.07, 6.45) is 5.82. The first-order valence-corrected chi connectivity index (χ1v) is 10.8.